The summed E-state index contributed by atoms with van der Waals surface area (Å²) < 4.78 is 0. The molecule has 0 bridgehead atoms. The maximum atomic E-state index is 14.1. The Kier molecular flexibility index (Phi) is 5.51. The van der Waals surface area contributed by atoms with E-state index in [1.807, 2.05) is 6.20 Å². The van der Waals surface area contributed by atoms with Crippen LogP contribution in [0.4, 0.5) is 5.69 Å². The van der Waals surface area contributed by atoms with Gasteiger partial charge in [0.05, 0.1) is 23.0 Å². The molecule has 34 heavy (non-hydrogen) atoms. The minimum Gasteiger partial charge on any atom is -0.353 e. The molecule has 6 nitrogen and oxygen atoms in total. The zero-order chi connectivity index (χ0) is 23.3. The van der Waals surface area contributed by atoms with Gasteiger partial charge in [-0.25, -0.2) is 0 Å². The van der Waals surface area contributed by atoms with Gasteiger partial charge in [-0.3, -0.25) is 9.89 Å². The maximum absolute atomic E-state index is 14.1. The lowest BCUT2D eigenvalue weighted by Gasteiger charge is -2.29. The number of rotatable bonds is 7. The van der Waals surface area contributed by atoms with Gasteiger partial charge in [-0.1, -0.05) is 26.7 Å². The molecular formula is C28H37N5O. The number of fused-ring (bicyclic) bond motifs is 6. The highest BCUT2D eigenvalue weighted by molar-refractivity contribution is 6.11. The first-order valence-corrected chi connectivity index (χ1v) is 13.4. The number of hydrogen-bond donors (Lipinski definition) is 2. The van der Waals surface area contributed by atoms with E-state index >= 15 is 0 Å². The molecule has 1 fully saturated rings. The maximum Gasteiger partial charge on any atom is 0.237 e. The molecule has 0 atom stereocenters. The quantitative estimate of drug-likeness (QED) is 0.502. The molecule has 2 N–H and O–H groups in total. The Morgan fingerprint density at radius 1 is 1.00 bits per heavy atom. The van der Waals surface area contributed by atoms with Crippen molar-refractivity contribution < 1.29 is 4.79 Å². The van der Waals surface area contributed by atoms with Crippen LogP contribution in [0.5, 0.6) is 0 Å². The number of H-pyrrole nitrogens is 2. The van der Waals surface area contributed by atoms with Crippen molar-refractivity contribution in [1.82, 2.24) is 20.1 Å². The second-order valence-electron chi connectivity index (χ2n) is 10.6. The lowest BCUT2D eigenvalue weighted by molar-refractivity contribution is -0.123. The molecule has 1 aliphatic carbocycles. The summed E-state index contributed by atoms with van der Waals surface area (Å²) in [7, 11) is 0. The molecule has 1 amide bonds. The van der Waals surface area contributed by atoms with Crippen LogP contribution in [-0.2, 0) is 23.1 Å². The summed E-state index contributed by atoms with van der Waals surface area (Å²) in [6.45, 7) is 8.53. The van der Waals surface area contributed by atoms with E-state index in [2.05, 4.69) is 51.0 Å². The number of aromatic amines is 2. The van der Waals surface area contributed by atoms with Crippen LogP contribution >= 0.6 is 0 Å². The largest absolute Gasteiger partial charge is 0.353 e. The molecule has 3 aliphatic rings. The van der Waals surface area contributed by atoms with Gasteiger partial charge in [0.2, 0.25) is 5.91 Å². The normalized spacial score (nSPS) is 19.5. The number of likely N-dealkylation sites (tertiary alicyclic amines) is 1. The van der Waals surface area contributed by atoms with Crippen LogP contribution in [0.1, 0.15) is 75.5 Å². The van der Waals surface area contributed by atoms with Crippen molar-refractivity contribution in [1.29, 1.82) is 0 Å². The van der Waals surface area contributed by atoms with Crippen LogP contribution in [0.15, 0.2) is 18.3 Å². The molecule has 2 aromatic heterocycles. The van der Waals surface area contributed by atoms with E-state index in [9.17, 15) is 4.79 Å². The third kappa shape index (κ3) is 3.25. The topological polar surface area (TPSA) is 68.0 Å². The zero-order valence-electron chi connectivity index (χ0n) is 20.7. The van der Waals surface area contributed by atoms with Crippen molar-refractivity contribution in [2.75, 3.05) is 31.1 Å². The van der Waals surface area contributed by atoms with Crippen molar-refractivity contribution in [2.24, 2.45) is 0 Å². The summed E-state index contributed by atoms with van der Waals surface area (Å²) in [5.74, 6) is 0.333. The molecule has 2 aliphatic heterocycles. The predicted molar refractivity (Wildman–Crippen MR) is 137 cm³/mol. The number of anilines is 1. The van der Waals surface area contributed by atoms with Gasteiger partial charge < -0.3 is 14.8 Å². The molecule has 0 saturated carbocycles. The van der Waals surface area contributed by atoms with Crippen LogP contribution in [0.3, 0.4) is 0 Å². The Balaban J connectivity index is 1.49. The van der Waals surface area contributed by atoms with E-state index in [0.29, 0.717) is 5.91 Å². The lowest BCUT2D eigenvalue weighted by atomic mass is 9.74. The van der Waals surface area contributed by atoms with Gasteiger partial charge in [0.25, 0.3) is 0 Å². The van der Waals surface area contributed by atoms with Crippen LogP contribution in [0.25, 0.3) is 22.3 Å². The van der Waals surface area contributed by atoms with Gasteiger partial charge in [-0.15, -0.1) is 0 Å². The van der Waals surface area contributed by atoms with Crippen LogP contribution in [-0.4, -0.2) is 52.2 Å². The molecule has 1 aromatic carbocycles. The predicted octanol–water partition coefficient (Wildman–Crippen LogP) is 5.33. The number of aromatic nitrogens is 3. The molecule has 0 spiro atoms. The van der Waals surface area contributed by atoms with E-state index in [1.165, 1.54) is 53.7 Å². The molecule has 1 saturated heterocycles. The van der Waals surface area contributed by atoms with Crippen LogP contribution in [0, 0.1) is 0 Å². The molecule has 6 rings (SSSR count). The highest BCUT2D eigenvalue weighted by Crippen LogP contribution is 2.50. The third-order valence-corrected chi connectivity index (χ3v) is 8.52. The Morgan fingerprint density at radius 3 is 2.56 bits per heavy atom. The number of carbonyl (C=O) groups is 1. The van der Waals surface area contributed by atoms with E-state index in [-0.39, 0.29) is 5.41 Å². The number of amides is 1. The Bertz CT molecular complexity index is 1210. The summed E-state index contributed by atoms with van der Waals surface area (Å²) in [5.41, 5.74) is 8.18. The van der Waals surface area contributed by atoms with E-state index in [1.54, 1.807) is 0 Å². The van der Waals surface area contributed by atoms with Gasteiger partial charge in [-0.2, -0.15) is 5.10 Å². The molecule has 4 heterocycles. The molecule has 180 valence electrons. The Morgan fingerprint density at radius 2 is 1.79 bits per heavy atom. The first kappa shape index (κ1) is 21.9. The van der Waals surface area contributed by atoms with Gasteiger partial charge in [0.1, 0.15) is 0 Å². The van der Waals surface area contributed by atoms with Crippen molar-refractivity contribution in [3.63, 3.8) is 0 Å². The number of hydrogen-bond acceptors (Lipinski definition) is 3. The second-order valence-corrected chi connectivity index (χ2v) is 10.6. The monoisotopic (exact) mass is 459 g/mol. The average molecular weight is 460 g/mol. The SMILES string of the molecule is CCCC1(CCC)C(=O)N(CCN2CCCC2)c2cc3c4c([nH]c3cc21)-c1[nH]ncc1CCC4. The fraction of sp³-hybridized carbons (Fsp3) is 0.571. The fourth-order valence-electron chi connectivity index (χ4n) is 6.95. The number of carbonyl (C=O) groups excluding carboxylic acids is 1. The smallest absolute Gasteiger partial charge is 0.237 e. The summed E-state index contributed by atoms with van der Waals surface area (Å²) in [6.07, 6.45) is 11.6. The summed E-state index contributed by atoms with van der Waals surface area (Å²) in [6, 6.07) is 4.67. The average Bonchev–Trinajstić information content (AvgIpc) is 3.60. The van der Waals surface area contributed by atoms with Gasteiger partial charge in [0, 0.05) is 29.7 Å². The van der Waals surface area contributed by atoms with E-state index in [0.717, 1.165) is 74.9 Å². The highest BCUT2D eigenvalue weighted by atomic mass is 16.2. The molecule has 0 radical (unpaired) electrons. The zero-order valence-corrected chi connectivity index (χ0v) is 20.7. The van der Waals surface area contributed by atoms with Gasteiger partial charge in [0.15, 0.2) is 0 Å². The third-order valence-electron chi connectivity index (χ3n) is 8.52. The van der Waals surface area contributed by atoms with Crippen LogP contribution in [0.2, 0.25) is 0 Å². The van der Waals surface area contributed by atoms with Crippen molar-refractivity contribution >= 4 is 22.5 Å². The molecule has 3 aromatic rings. The number of nitrogens with zero attached hydrogens (tertiary/aromatic N) is 3. The van der Waals surface area contributed by atoms with Crippen molar-refractivity contribution in [3.05, 3.63) is 35.0 Å². The first-order chi connectivity index (χ1) is 16.7. The van der Waals surface area contributed by atoms with Crippen molar-refractivity contribution in [2.45, 2.75) is 77.0 Å². The van der Waals surface area contributed by atoms with Crippen LogP contribution < -0.4 is 4.90 Å². The fourth-order valence-corrected chi connectivity index (χ4v) is 6.95. The number of aryl methyl sites for hydroxylation is 2. The number of benzene rings is 1. The first-order valence-electron chi connectivity index (χ1n) is 13.4. The lowest BCUT2D eigenvalue weighted by Crippen LogP contribution is -2.43. The Hall–Kier alpha value is -2.60. The summed E-state index contributed by atoms with van der Waals surface area (Å²) in [5, 5.41) is 8.85. The summed E-state index contributed by atoms with van der Waals surface area (Å²) >= 11 is 0. The Labute approximate surface area is 202 Å². The standard InChI is InChI=1S/C28H37N5O/c1-3-10-28(11-4-2)22-17-23-21(20-9-7-8-19-18-29-31-25(19)26(20)30-23)16-24(22)33(27(28)34)15-14-32-12-5-6-13-32/h16-18,30H,3-15H2,1-2H3,(H,29,31). The molecule has 6 heteroatoms. The number of nitrogens with one attached hydrogen (secondary N) is 2. The van der Waals surface area contributed by atoms with Crippen molar-refractivity contribution in [3.8, 4) is 11.4 Å². The second kappa shape index (κ2) is 8.56. The van der Waals surface area contributed by atoms with Gasteiger partial charge >= 0.3 is 0 Å². The molecular weight excluding hydrogens is 422 g/mol. The summed E-state index contributed by atoms with van der Waals surface area (Å²) in [4.78, 5) is 22.5. The van der Waals surface area contributed by atoms with Gasteiger partial charge in [-0.05, 0) is 86.9 Å². The molecule has 0 unspecified atom stereocenters. The minimum absolute atomic E-state index is 0.333. The van der Waals surface area contributed by atoms with E-state index in [4.69, 9.17) is 0 Å². The highest BCUT2D eigenvalue weighted by Gasteiger charge is 2.49. The minimum atomic E-state index is -0.389. The van der Waals surface area contributed by atoms with E-state index < -0.39 is 0 Å².